The molecule has 3 heterocycles. The fraction of sp³-hybridized carbons (Fsp3) is 0.375. The number of ether oxygens (including phenoxy) is 1. The van der Waals surface area contributed by atoms with Gasteiger partial charge in [-0.15, -0.1) is 0 Å². The first kappa shape index (κ1) is 20.9. The largest absolute Gasteiger partial charge is 0.376 e. The molecule has 1 aliphatic rings. The number of anilines is 1. The molecule has 7 nitrogen and oxygen atoms in total. The number of hydrogen-bond donors (Lipinski definition) is 0. The van der Waals surface area contributed by atoms with Crippen LogP contribution in [-0.2, 0) is 22.6 Å². The highest BCUT2D eigenvalue weighted by molar-refractivity contribution is 7.22. The molecule has 2 aromatic carbocycles. The van der Waals surface area contributed by atoms with Crippen LogP contribution < -0.4 is 10.6 Å². The number of imidazole rings is 1. The van der Waals surface area contributed by atoms with Crippen LogP contribution in [0.25, 0.3) is 21.3 Å². The maximum Gasteiger partial charge on any atom is 0.329 e. The van der Waals surface area contributed by atoms with Crippen molar-refractivity contribution in [3.8, 4) is 0 Å². The molecule has 166 valence electrons. The van der Waals surface area contributed by atoms with Crippen LogP contribution in [0.3, 0.4) is 0 Å². The van der Waals surface area contributed by atoms with Gasteiger partial charge in [-0.1, -0.05) is 35.6 Å². The maximum absolute atomic E-state index is 13.4. The van der Waals surface area contributed by atoms with E-state index in [2.05, 4.69) is 0 Å². The van der Waals surface area contributed by atoms with E-state index >= 15 is 0 Å². The Kier molecular flexibility index (Phi) is 5.80. The molecule has 1 fully saturated rings. The lowest BCUT2D eigenvalue weighted by Crippen LogP contribution is -2.38. The summed E-state index contributed by atoms with van der Waals surface area (Å²) in [6.45, 7) is 4.11. The summed E-state index contributed by atoms with van der Waals surface area (Å²) in [4.78, 5) is 32.8. The molecule has 5 rings (SSSR count). The number of carbonyl (C=O) groups is 1. The molecule has 0 radical (unpaired) electrons. The number of para-hydroxylation sites is 3. The van der Waals surface area contributed by atoms with Gasteiger partial charge in [-0.25, -0.2) is 9.78 Å². The molecule has 0 spiro atoms. The Morgan fingerprint density at radius 3 is 2.62 bits per heavy atom. The van der Waals surface area contributed by atoms with Crippen LogP contribution in [0.1, 0.15) is 26.2 Å². The molecule has 0 unspecified atom stereocenters. The predicted molar refractivity (Wildman–Crippen MR) is 127 cm³/mol. The number of aromatic nitrogens is 3. The van der Waals surface area contributed by atoms with Gasteiger partial charge in [-0.3, -0.25) is 18.8 Å². The SMILES string of the molecule is CCn1c(=O)n(CCC(=O)N(C[C@@H]2CCCO2)c2nc3ccccc3s2)c2ccccc21. The number of amides is 1. The number of carbonyl (C=O) groups excluding carboxylic acids is 1. The topological polar surface area (TPSA) is 69.4 Å². The molecule has 2 aromatic heterocycles. The van der Waals surface area contributed by atoms with Gasteiger partial charge >= 0.3 is 5.69 Å². The first-order valence-electron chi connectivity index (χ1n) is 11.1. The van der Waals surface area contributed by atoms with Gasteiger partial charge in [0.2, 0.25) is 5.91 Å². The van der Waals surface area contributed by atoms with Crippen LogP contribution in [0.4, 0.5) is 5.13 Å². The number of rotatable bonds is 7. The minimum Gasteiger partial charge on any atom is -0.376 e. The molecule has 0 bridgehead atoms. The van der Waals surface area contributed by atoms with E-state index in [9.17, 15) is 9.59 Å². The molecule has 32 heavy (non-hydrogen) atoms. The van der Waals surface area contributed by atoms with Crippen molar-refractivity contribution >= 4 is 43.6 Å². The van der Waals surface area contributed by atoms with E-state index in [0.717, 1.165) is 40.7 Å². The molecule has 0 saturated carbocycles. The molecule has 0 N–H and O–H groups in total. The minimum absolute atomic E-state index is 0.0238. The third kappa shape index (κ3) is 3.84. The van der Waals surface area contributed by atoms with Gasteiger partial charge in [-0.2, -0.15) is 0 Å². The van der Waals surface area contributed by atoms with Crippen LogP contribution in [-0.4, -0.2) is 39.3 Å². The van der Waals surface area contributed by atoms with Crippen LogP contribution in [0, 0.1) is 0 Å². The lowest BCUT2D eigenvalue weighted by molar-refractivity contribution is -0.119. The molecule has 1 aliphatic heterocycles. The molecule has 8 heteroatoms. The number of aryl methyl sites for hydroxylation is 2. The summed E-state index contributed by atoms with van der Waals surface area (Å²) in [5.41, 5.74) is 2.57. The third-order valence-corrected chi connectivity index (χ3v) is 7.07. The molecule has 0 aliphatic carbocycles. The molecule has 1 atom stereocenters. The zero-order valence-electron chi connectivity index (χ0n) is 18.1. The van der Waals surface area contributed by atoms with Crippen molar-refractivity contribution in [2.45, 2.75) is 45.4 Å². The summed E-state index contributed by atoms with van der Waals surface area (Å²) in [5, 5.41) is 0.690. The zero-order valence-corrected chi connectivity index (χ0v) is 18.9. The predicted octanol–water partition coefficient (Wildman–Crippen LogP) is 4.03. The maximum atomic E-state index is 13.4. The van der Waals surface area contributed by atoms with Crippen molar-refractivity contribution in [2.75, 3.05) is 18.1 Å². The van der Waals surface area contributed by atoms with E-state index in [-0.39, 0.29) is 24.1 Å². The van der Waals surface area contributed by atoms with Gasteiger partial charge in [0, 0.05) is 26.1 Å². The Morgan fingerprint density at radius 1 is 1.16 bits per heavy atom. The Morgan fingerprint density at radius 2 is 1.91 bits per heavy atom. The van der Waals surface area contributed by atoms with Crippen LogP contribution in [0.15, 0.2) is 53.3 Å². The quantitative estimate of drug-likeness (QED) is 0.426. The lowest BCUT2D eigenvalue weighted by Gasteiger charge is -2.23. The Hall–Kier alpha value is -2.97. The summed E-state index contributed by atoms with van der Waals surface area (Å²) in [6, 6.07) is 15.6. The van der Waals surface area contributed by atoms with E-state index in [0.29, 0.717) is 24.8 Å². The monoisotopic (exact) mass is 450 g/mol. The molecule has 1 saturated heterocycles. The second-order valence-electron chi connectivity index (χ2n) is 8.02. The van der Waals surface area contributed by atoms with Gasteiger partial charge in [0.25, 0.3) is 0 Å². The number of benzene rings is 2. The normalized spacial score (nSPS) is 16.2. The standard InChI is InChI=1S/C24H26N4O3S/c1-2-26-19-10-4-5-11-20(19)27(24(26)30)14-13-22(29)28(16-17-8-7-15-31-17)23-25-18-9-3-6-12-21(18)32-23/h3-6,9-12,17H,2,7-8,13-16H2,1H3/t17-/m0/s1. The Bertz CT molecular complexity index is 1280. The highest BCUT2D eigenvalue weighted by atomic mass is 32.1. The molecule has 1 amide bonds. The second kappa shape index (κ2) is 8.88. The van der Waals surface area contributed by atoms with E-state index in [1.807, 2.05) is 55.5 Å². The average molecular weight is 451 g/mol. The van der Waals surface area contributed by atoms with Gasteiger partial charge < -0.3 is 4.74 Å². The van der Waals surface area contributed by atoms with E-state index in [4.69, 9.17) is 9.72 Å². The van der Waals surface area contributed by atoms with Crippen molar-refractivity contribution < 1.29 is 9.53 Å². The summed E-state index contributed by atoms with van der Waals surface area (Å²) >= 11 is 1.52. The highest BCUT2D eigenvalue weighted by Gasteiger charge is 2.26. The van der Waals surface area contributed by atoms with Crippen molar-refractivity contribution in [1.29, 1.82) is 0 Å². The lowest BCUT2D eigenvalue weighted by atomic mass is 10.2. The molecular weight excluding hydrogens is 424 g/mol. The fourth-order valence-electron chi connectivity index (χ4n) is 4.39. The number of hydrogen-bond acceptors (Lipinski definition) is 5. The van der Waals surface area contributed by atoms with Crippen molar-refractivity contribution in [2.24, 2.45) is 0 Å². The third-order valence-electron chi connectivity index (χ3n) is 6.02. The number of nitrogens with zero attached hydrogens (tertiary/aromatic N) is 4. The fourth-order valence-corrected chi connectivity index (χ4v) is 5.38. The zero-order chi connectivity index (χ0) is 22.1. The number of fused-ring (bicyclic) bond motifs is 2. The first-order chi connectivity index (χ1) is 15.7. The van der Waals surface area contributed by atoms with Crippen molar-refractivity contribution in [1.82, 2.24) is 14.1 Å². The van der Waals surface area contributed by atoms with E-state index in [1.54, 1.807) is 14.0 Å². The number of thiazole rings is 1. The van der Waals surface area contributed by atoms with E-state index < -0.39 is 0 Å². The Balaban J connectivity index is 1.42. The summed E-state index contributed by atoms with van der Waals surface area (Å²) < 4.78 is 10.3. The smallest absolute Gasteiger partial charge is 0.329 e. The molecule has 4 aromatic rings. The second-order valence-corrected chi connectivity index (χ2v) is 9.03. The highest BCUT2D eigenvalue weighted by Crippen LogP contribution is 2.30. The average Bonchev–Trinajstić information content (AvgIpc) is 3.53. The van der Waals surface area contributed by atoms with Crippen LogP contribution >= 0.6 is 11.3 Å². The summed E-state index contributed by atoms with van der Waals surface area (Å²) in [5.74, 6) is -0.0419. The minimum atomic E-state index is -0.0767. The van der Waals surface area contributed by atoms with Crippen molar-refractivity contribution in [3.63, 3.8) is 0 Å². The van der Waals surface area contributed by atoms with Crippen LogP contribution in [0.2, 0.25) is 0 Å². The van der Waals surface area contributed by atoms with Crippen molar-refractivity contribution in [3.05, 3.63) is 59.0 Å². The van der Waals surface area contributed by atoms with Gasteiger partial charge in [-0.05, 0) is 44.0 Å². The first-order valence-corrected chi connectivity index (χ1v) is 11.9. The van der Waals surface area contributed by atoms with Gasteiger partial charge in [0.1, 0.15) is 0 Å². The van der Waals surface area contributed by atoms with E-state index in [1.165, 1.54) is 11.3 Å². The van der Waals surface area contributed by atoms with Gasteiger partial charge in [0.05, 0.1) is 33.9 Å². The van der Waals surface area contributed by atoms with Gasteiger partial charge in [0.15, 0.2) is 5.13 Å². The summed E-state index contributed by atoms with van der Waals surface area (Å²) in [7, 11) is 0. The summed E-state index contributed by atoms with van der Waals surface area (Å²) in [6.07, 6.45) is 2.20. The van der Waals surface area contributed by atoms with Crippen LogP contribution in [0.5, 0.6) is 0 Å². The Labute approximate surface area is 189 Å². The molecular formula is C24H26N4O3S.